The first-order valence-electron chi connectivity index (χ1n) is 8.16. The minimum Gasteiger partial charge on any atom is -0.322 e. The van der Waals surface area contributed by atoms with Crippen LogP contribution in [0.15, 0.2) is 40.9 Å². The van der Waals surface area contributed by atoms with Crippen LogP contribution in [0, 0.1) is 12.7 Å². The Morgan fingerprint density at radius 1 is 1.14 bits per heavy atom. The van der Waals surface area contributed by atoms with Gasteiger partial charge in [-0.25, -0.2) is 9.07 Å². The Bertz CT molecular complexity index is 1110. The number of hydrogen-bond acceptors (Lipinski definition) is 4. The Morgan fingerprint density at radius 2 is 1.90 bits per heavy atom. The third-order valence-electron chi connectivity index (χ3n) is 3.87. The van der Waals surface area contributed by atoms with Crippen molar-refractivity contribution in [3.63, 3.8) is 0 Å². The summed E-state index contributed by atoms with van der Waals surface area (Å²) in [7, 11) is 0. The van der Waals surface area contributed by atoms with E-state index in [1.807, 2.05) is 0 Å². The van der Waals surface area contributed by atoms with Gasteiger partial charge in [-0.05, 0) is 43.3 Å². The highest BCUT2D eigenvalue weighted by atomic mass is 79.9. The van der Waals surface area contributed by atoms with Crippen molar-refractivity contribution in [1.82, 2.24) is 15.0 Å². The van der Waals surface area contributed by atoms with Crippen molar-refractivity contribution < 1.29 is 14.0 Å². The number of nitrogens with one attached hydrogen (secondary N) is 2. The van der Waals surface area contributed by atoms with Crippen LogP contribution in [0.2, 0.25) is 10.0 Å². The second-order valence-corrected chi connectivity index (χ2v) is 7.67. The van der Waals surface area contributed by atoms with Gasteiger partial charge in [-0.2, -0.15) is 0 Å². The van der Waals surface area contributed by atoms with E-state index in [1.54, 1.807) is 25.1 Å². The molecule has 0 saturated heterocycles. The zero-order valence-electron chi connectivity index (χ0n) is 14.8. The molecule has 29 heavy (non-hydrogen) atoms. The SMILES string of the molecule is Cc1c(C(=O)Nc2ccc(Cl)c(Cl)c2)nnn1CC(=O)Nc1ccc(Br)cc1F. The maximum absolute atomic E-state index is 13.8. The third-order valence-corrected chi connectivity index (χ3v) is 5.11. The van der Waals surface area contributed by atoms with E-state index < -0.39 is 17.6 Å². The molecule has 3 rings (SSSR count). The number of rotatable bonds is 5. The molecule has 11 heteroatoms. The van der Waals surface area contributed by atoms with Crippen molar-refractivity contribution >= 4 is 62.3 Å². The number of carbonyl (C=O) groups excluding carboxylic acids is 2. The Balaban J connectivity index is 1.68. The molecule has 3 aromatic rings. The van der Waals surface area contributed by atoms with Crippen LogP contribution in [-0.2, 0) is 11.3 Å². The molecule has 0 spiro atoms. The highest BCUT2D eigenvalue weighted by molar-refractivity contribution is 9.10. The van der Waals surface area contributed by atoms with Gasteiger partial charge in [0.2, 0.25) is 5.91 Å². The van der Waals surface area contributed by atoms with Crippen molar-refractivity contribution in [3.8, 4) is 0 Å². The molecule has 7 nitrogen and oxygen atoms in total. The van der Waals surface area contributed by atoms with Gasteiger partial charge >= 0.3 is 0 Å². The fourth-order valence-electron chi connectivity index (χ4n) is 2.40. The molecular formula is C18H13BrCl2FN5O2. The Kier molecular flexibility index (Phi) is 6.51. The molecule has 1 heterocycles. The quantitative estimate of drug-likeness (QED) is 0.532. The number of aromatic nitrogens is 3. The molecule has 0 atom stereocenters. The first-order chi connectivity index (χ1) is 13.7. The highest BCUT2D eigenvalue weighted by Gasteiger charge is 2.19. The fraction of sp³-hybridized carbons (Fsp3) is 0.111. The number of carbonyl (C=O) groups is 2. The van der Waals surface area contributed by atoms with Crippen LogP contribution >= 0.6 is 39.1 Å². The largest absolute Gasteiger partial charge is 0.322 e. The number of halogens is 4. The predicted molar refractivity (Wildman–Crippen MR) is 112 cm³/mol. The Labute approximate surface area is 183 Å². The number of anilines is 2. The molecule has 150 valence electrons. The minimum absolute atomic E-state index is 0.0357. The standard InChI is InChI=1S/C18H13BrCl2FN5O2/c1-9-17(18(29)23-11-3-4-12(20)13(21)7-11)25-26-27(9)8-16(28)24-15-5-2-10(19)6-14(15)22/h2-7H,8H2,1H3,(H,23,29)(H,24,28). The summed E-state index contributed by atoms with van der Waals surface area (Å²) in [4.78, 5) is 24.6. The zero-order valence-corrected chi connectivity index (χ0v) is 17.9. The van der Waals surface area contributed by atoms with E-state index >= 15 is 0 Å². The lowest BCUT2D eigenvalue weighted by Gasteiger charge is -2.08. The maximum Gasteiger partial charge on any atom is 0.278 e. The van der Waals surface area contributed by atoms with Crippen molar-refractivity contribution in [2.45, 2.75) is 13.5 Å². The van der Waals surface area contributed by atoms with Crippen LogP contribution in [0.1, 0.15) is 16.2 Å². The smallest absolute Gasteiger partial charge is 0.278 e. The molecule has 1 aromatic heterocycles. The van der Waals surface area contributed by atoms with Crippen molar-refractivity contribution in [2.24, 2.45) is 0 Å². The molecule has 2 amide bonds. The summed E-state index contributed by atoms with van der Waals surface area (Å²) in [5.41, 5.74) is 0.878. The lowest BCUT2D eigenvalue weighted by molar-refractivity contribution is -0.117. The number of benzene rings is 2. The van der Waals surface area contributed by atoms with Gasteiger partial charge in [0.15, 0.2) is 5.69 Å². The maximum atomic E-state index is 13.8. The summed E-state index contributed by atoms with van der Waals surface area (Å²) in [6, 6.07) is 8.91. The van der Waals surface area contributed by atoms with Gasteiger partial charge in [-0.3, -0.25) is 9.59 Å². The molecule has 0 radical (unpaired) electrons. The summed E-state index contributed by atoms with van der Waals surface area (Å²) in [6.07, 6.45) is 0. The number of nitrogens with zero attached hydrogens (tertiary/aromatic N) is 3. The molecule has 0 aliphatic carbocycles. The van der Waals surface area contributed by atoms with E-state index in [0.29, 0.717) is 25.9 Å². The monoisotopic (exact) mass is 499 g/mol. The number of hydrogen-bond donors (Lipinski definition) is 2. The van der Waals surface area contributed by atoms with Gasteiger partial charge in [0, 0.05) is 10.2 Å². The molecule has 0 unspecified atom stereocenters. The first kappa shape index (κ1) is 21.2. The van der Waals surface area contributed by atoms with E-state index in [2.05, 4.69) is 36.9 Å². The highest BCUT2D eigenvalue weighted by Crippen LogP contribution is 2.25. The van der Waals surface area contributed by atoms with Gasteiger partial charge in [0.1, 0.15) is 12.4 Å². The lowest BCUT2D eigenvalue weighted by Crippen LogP contribution is -2.21. The van der Waals surface area contributed by atoms with Gasteiger partial charge in [-0.15, -0.1) is 5.10 Å². The van der Waals surface area contributed by atoms with E-state index in [4.69, 9.17) is 23.2 Å². The Morgan fingerprint density at radius 3 is 2.59 bits per heavy atom. The van der Waals surface area contributed by atoms with Gasteiger partial charge in [0.05, 0.1) is 21.4 Å². The molecule has 0 aliphatic heterocycles. The van der Waals surface area contributed by atoms with E-state index in [0.717, 1.165) is 0 Å². The molecule has 0 bridgehead atoms. The summed E-state index contributed by atoms with van der Waals surface area (Å²) in [6.45, 7) is 1.35. The van der Waals surface area contributed by atoms with Crippen LogP contribution in [0.4, 0.5) is 15.8 Å². The topological polar surface area (TPSA) is 88.9 Å². The molecule has 0 fully saturated rings. The van der Waals surface area contributed by atoms with Crippen molar-refractivity contribution in [3.05, 3.63) is 68.1 Å². The molecule has 2 aromatic carbocycles. The van der Waals surface area contributed by atoms with Crippen LogP contribution < -0.4 is 10.6 Å². The molecule has 2 N–H and O–H groups in total. The Hall–Kier alpha value is -2.49. The van der Waals surface area contributed by atoms with Crippen molar-refractivity contribution in [1.29, 1.82) is 0 Å². The van der Waals surface area contributed by atoms with Gasteiger partial charge in [-0.1, -0.05) is 44.3 Å². The second kappa shape index (κ2) is 8.89. The molecule has 0 saturated carbocycles. The average Bonchev–Trinajstić information content (AvgIpc) is 3.01. The lowest BCUT2D eigenvalue weighted by atomic mass is 10.2. The van der Waals surface area contributed by atoms with E-state index in [1.165, 1.54) is 22.9 Å². The van der Waals surface area contributed by atoms with Crippen molar-refractivity contribution in [2.75, 3.05) is 10.6 Å². The first-order valence-corrected chi connectivity index (χ1v) is 9.71. The number of amides is 2. The normalized spacial score (nSPS) is 10.7. The van der Waals surface area contributed by atoms with Crippen LogP contribution in [0.5, 0.6) is 0 Å². The molecular weight excluding hydrogens is 488 g/mol. The summed E-state index contributed by atoms with van der Waals surface area (Å²) >= 11 is 14.9. The zero-order chi connectivity index (χ0) is 21.1. The predicted octanol–water partition coefficient (Wildman–Crippen LogP) is 4.69. The summed E-state index contributed by atoms with van der Waals surface area (Å²) in [5.74, 6) is -1.62. The fourth-order valence-corrected chi connectivity index (χ4v) is 3.03. The van der Waals surface area contributed by atoms with Gasteiger partial charge < -0.3 is 10.6 Å². The van der Waals surface area contributed by atoms with Gasteiger partial charge in [0.25, 0.3) is 5.91 Å². The second-order valence-electron chi connectivity index (χ2n) is 5.94. The average molecular weight is 501 g/mol. The van der Waals surface area contributed by atoms with Crippen LogP contribution in [0.25, 0.3) is 0 Å². The molecule has 0 aliphatic rings. The van der Waals surface area contributed by atoms with E-state index in [9.17, 15) is 14.0 Å². The third kappa shape index (κ3) is 5.11. The summed E-state index contributed by atoms with van der Waals surface area (Å²) < 4.78 is 15.6. The summed E-state index contributed by atoms with van der Waals surface area (Å²) in [5, 5.41) is 13.4. The minimum atomic E-state index is -0.579. The van der Waals surface area contributed by atoms with Crippen LogP contribution in [-0.4, -0.2) is 26.8 Å². The van der Waals surface area contributed by atoms with Crippen LogP contribution in [0.3, 0.4) is 0 Å². The van der Waals surface area contributed by atoms with E-state index in [-0.39, 0.29) is 17.9 Å².